The van der Waals surface area contributed by atoms with E-state index in [4.69, 9.17) is 14.2 Å². The average Bonchev–Trinajstić information content (AvgIpc) is 2.61. The first-order valence-corrected chi connectivity index (χ1v) is 8.01. The zero-order valence-corrected chi connectivity index (χ0v) is 14.1. The summed E-state index contributed by atoms with van der Waals surface area (Å²) >= 11 is 0. The van der Waals surface area contributed by atoms with Crippen molar-refractivity contribution >= 4 is 11.6 Å². The van der Waals surface area contributed by atoms with Crippen LogP contribution in [-0.2, 0) is 4.79 Å². The van der Waals surface area contributed by atoms with Crippen molar-refractivity contribution < 1.29 is 19.0 Å². The lowest BCUT2D eigenvalue weighted by Gasteiger charge is -2.10. The van der Waals surface area contributed by atoms with Gasteiger partial charge in [0.15, 0.2) is 6.61 Å². The third-order valence-electron chi connectivity index (χ3n) is 3.31. The third kappa shape index (κ3) is 5.83. The van der Waals surface area contributed by atoms with Crippen LogP contribution in [0.1, 0.15) is 19.8 Å². The van der Waals surface area contributed by atoms with Gasteiger partial charge in [-0.3, -0.25) is 4.79 Å². The van der Waals surface area contributed by atoms with Crippen molar-refractivity contribution in [1.82, 2.24) is 0 Å². The van der Waals surface area contributed by atoms with Crippen molar-refractivity contribution in [3.63, 3.8) is 0 Å². The number of hydrogen-bond acceptors (Lipinski definition) is 4. The van der Waals surface area contributed by atoms with E-state index in [1.54, 1.807) is 37.4 Å². The highest BCUT2D eigenvalue weighted by Gasteiger charge is 2.05. The molecule has 0 radical (unpaired) electrons. The maximum Gasteiger partial charge on any atom is 0.262 e. The Bertz CT molecular complexity index is 640. The van der Waals surface area contributed by atoms with Crippen LogP contribution in [0.25, 0.3) is 0 Å². The average molecular weight is 329 g/mol. The fraction of sp³-hybridized carbons (Fsp3) is 0.316. The summed E-state index contributed by atoms with van der Waals surface area (Å²) in [5.74, 6) is 1.88. The van der Waals surface area contributed by atoms with E-state index in [2.05, 4.69) is 12.2 Å². The van der Waals surface area contributed by atoms with Crippen LogP contribution in [0.15, 0.2) is 48.5 Å². The first-order chi connectivity index (χ1) is 11.7. The summed E-state index contributed by atoms with van der Waals surface area (Å²) in [5.41, 5.74) is 0.687. The van der Waals surface area contributed by atoms with E-state index in [0.717, 1.165) is 24.3 Å². The molecule has 1 amide bonds. The number of carbonyl (C=O) groups excluding carboxylic acids is 1. The molecule has 0 unspecified atom stereocenters. The minimum Gasteiger partial charge on any atom is -0.497 e. The number of benzene rings is 2. The van der Waals surface area contributed by atoms with Gasteiger partial charge in [0.05, 0.1) is 13.7 Å². The molecular weight excluding hydrogens is 306 g/mol. The quantitative estimate of drug-likeness (QED) is 0.709. The maximum atomic E-state index is 12.0. The van der Waals surface area contributed by atoms with E-state index in [-0.39, 0.29) is 12.5 Å². The van der Waals surface area contributed by atoms with Crippen molar-refractivity contribution in [2.75, 3.05) is 25.6 Å². The zero-order chi connectivity index (χ0) is 17.2. The molecule has 0 fully saturated rings. The van der Waals surface area contributed by atoms with Gasteiger partial charge in [-0.25, -0.2) is 0 Å². The molecule has 0 aromatic heterocycles. The second-order valence-electron chi connectivity index (χ2n) is 5.24. The molecular formula is C19H23NO4. The van der Waals surface area contributed by atoms with Gasteiger partial charge in [-0.05, 0) is 42.8 Å². The standard InChI is InChI=1S/C19H23NO4/c1-3-4-12-23-18-7-5-6-15(13-18)20-19(21)14-24-17-10-8-16(22-2)9-11-17/h5-11,13H,3-4,12,14H2,1-2H3,(H,20,21). The molecule has 2 aromatic rings. The molecule has 128 valence electrons. The minimum absolute atomic E-state index is 0.0623. The predicted octanol–water partition coefficient (Wildman–Crippen LogP) is 3.89. The van der Waals surface area contributed by atoms with Crippen molar-refractivity contribution in [2.24, 2.45) is 0 Å². The normalized spacial score (nSPS) is 10.1. The molecule has 5 nitrogen and oxygen atoms in total. The monoisotopic (exact) mass is 329 g/mol. The summed E-state index contributed by atoms with van der Waals surface area (Å²) in [4.78, 5) is 12.0. The number of methoxy groups -OCH3 is 1. The lowest BCUT2D eigenvalue weighted by molar-refractivity contribution is -0.118. The molecule has 2 rings (SSSR count). The van der Waals surface area contributed by atoms with Crippen LogP contribution in [0.4, 0.5) is 5.69 Å². The SMILES string of the molecule is CCCCOc1cccc(NC(=O)COc2ccc(OC)cc2)c1. The lowest BCUT2D eigenvalue weighted by atomic mass is 10.3. The molecule has 0 bridgehead atoms. The molecule has 0 saturated heterocycles. The highest BCUT2D eigenvalue weighted by Crippen LogP contribution is 2.19. The molecule has 0 spiro atoms. The first-order valence-electron chi connectivity index (χ1n) is 8.01. The number of nitrogens with one attached hydrogen (secondary N) is 1. The van der Waals surface area contributed by atoms with Gasteiger partial charge in [0.2, 0.25) is 0 Å². The van der Waals surface area contributed by atoms with Crippen LogP contribution in [-0.4, -0.2) is 26.2 Å². The Labute approximate surface area is 142 Å². The largest absolute Gasteiger partial charge is 0.497 e. The Morgan fingerprint density at radius 2 is 1.75 bits per heavy atom. The summed E-state index contributed by atoms with van der Waals surface area (Å²) in [6.45, 7) is 2.73. The van der Waals surface area contributed by atoms with E-state index >= 15 is 0 Å². The van der Waals surface area contributed by atoms with Crippen molar-refractivity contribution in [1.29, 1.82) is 0 Å². The Hall–Kier alpha value is -2.69. The molecule has 0 aliphatic heterocycles. The number of anilines is 1. The van der Waals surface area contributed by atoms with Crippen molar-refractivity contribution in [2.45, 2.75) is 19.8 Å². The molecule has 0 saturated carbocycles. The van der Waals surface area contributed by atoms with E-state index in [9.17, 15) is 4.79 Å². The summed E-state index contributed by atoms with van der Waals surface area (Å²) in [5, 5.41) is 2.80. The highest BCUT2D eigenvalue weighted by atomic mass is 16.5. The van der Waals surface area contributed by atoms with Crippen LogP contribution in [0.5, 0.6) is 17.2 Å². The number of rotatable bonds is 9. The van der Waals surface area contributed by atoms with Gasteiger partial charge in [-0.2, -0.15) is 0 Å². The molecule has 24 heavy (non-hydrogen) atoms. The Kier molecular flexibility index (Phi) is 6.95. The van der Waals surface area contributed by atoms with E-state index in [0.29, 0.717) is 18.0 Å². The summed E-state index contributed by atoms with van der Waals surface area (Å²) in [6.07, 6.45) is 2.09. The van der Waals surface area contributed by atoms with Crippen LogP contribution in [0.2, 0.25) is 0 Å². The van der Waals surface area contributed by atoms with Gasteiger partial charge in [-0.1, -0.05) is 19.4 Å². The van der Waals surface area contributed by atoms with Gasteiger partial charge in [0.25, 0.3) is 5.91 Å². The Morgan fingerprint density at radius 1 is 1.00 bits per heavy atom. The number of amides is 1. The van der Waals surface area contributed by atoms with Crippen LogP contribution in [0, 0.1) is 0 Å². The molecule has 2 aromatic carbocycles. The topological polar surface area (TPSA) is 56.8 Å². The Morgan fingerprint density at radius 3 is 2.46 bits per heavy atom. The fourth-order valence-corrected chi connectivity index (χ4v) is 2.02. The predicted molar refractivity (Wildman–Crippen MR) is 94.0 cm³/mol. The van der Waals surface area contributed by atoms with Crippen molar-refractivity contribution in [3.8, 4) is 17.2 Å². The fourth-order valence-electron chi connectivity index (χ4n) is 2.02. The first kappa shape index (κ1) is 17.7. The van der Waals surface area contributed by atoms with E-state index in [1.165, 1.54) is 0 Å². The number of unbranched alkanes of at least 4 members (excludes halogenated alkanes) is 1. The van der Waals surface area contributed by atoms with Gasteiger partial charge < -0.3 is 19.5 Å². The van der Waals surface area contributed by atoms with E-state index in [1.807, 2.05) is 18.2 Å². The Balaban J connectivity index is 1.81. The van der Waals surface area contributed by atoms with Gasteiger partial charge in [0, 0.05) is 11.8 Å². The van der Waals surface area contributed by atoms with Crippen LogP contribution < -0.4 is 19.5 Å². The second-order valence-corrected chi connectivity index (χ2v) is 5.24. The zero-order valence-electron chi connectivity index (χ0n) is 14.1. The van der Waals surface area contributed by atoms with Gasteiger partial charge >= 0.3 is 0 Å². The minimum atomic E-state index is -0.225. The maximum absolute atomic E-state index is 12.0. The third-order valence-corrected chi connectivity index (χ3v) is 3.31. The number of hydrogen-bond donors (Lipinski definition) is 1. The number of ether oxygens (including phenoxy) is 3. The number of carbonyl (C=O) groups is 1. The molecule has 0 aliphatic rings. The smallest absolute Gasteiger partial charge is 0.262 e. The molecule has 0 atom stereocenters. The summed E-state index contributed by atoms with van der Waals surface area (Å²) < 4.78 is 16.1. The van der Waals surface area contributed by atoms with Crippen LogP contribution in [0.3, 0.4) is 0 Å². The molecule has 0 aliphatic carbocycles. The van der Waals surface area contributed by atoms with E-state index < -0.39 is 0 Å². The second kappa shape index (κ2) is 9.45. The summed E-state index contributed by atoms with van der Waals surface area (Å²) in [7, 11) is 1.60. The van der Waals surface area contributed by atoms with Gasteiger partial charge in [0.1, 0.15) is 17.2 Å². The van der Waals surface area contributed by atoms with Crippen molar-refractivity contribution in [3.05, 3.63) is 48.5 Å². The highest BCUT2D eigenvalue weighted by molar-refractivity contribution is 5.92. The molecule has 0 heterocycles. The molecule has 5 heteroatoms. The van der Waals surface area contributed by atoms with Crippen LogP contribution >= 0.6 is 0 Å². The summed E-state index contributed by atoms with van der Waals surface area (Å²) in [6, 6.07) is 14.4. The molecule has 1 N–H and O–H groups in total. The van der Waals surface area contributed by atoms with Gasteiger partial charge in [-0.15, -0.1) is 0 Å². The lowest BCUT2D eigenvalue weighted by Crippen LogP contribution is -2.20.